The zero-order valence-electron chi connectivity index (χ0n) is 17.0. The van der Waals surface area contributed by atoms with Crippen LogP contribution in [0.2, 0.25) is 0 Å². The average molecular weight is 405 g/mol. The molecule has 8 heteroatoms. The van der Waals surface area contributed by atoms with Gasteiger partial charge in [0.05, 0.1) is 12.2 Å². The van der Waals surface area contributed by atoms with Gasteiger partial charge < -0.3 is 14.4 Å². The molecule has 0 aliphatic carbocycles. The fraction of sp³-hybridized carbons (Fsp3) is 0.429. The smallest absolute Gasteiger partial charge is 0.412 e. The third-order valence-electron chi connectivity index (χ3n) is 4.28. The van der Waals surface area contributed by atoms with E-state index in [2.05, 4.69) is 10.3 Å². The summed E-state index contributed by atoms with van der Waals surface area (Å²) in [5.74, 6) is 0.656. The number of hydrogen-bond donors (Lipinski definition) is 1. The molecule has 2 heterocycles. The molecule has 1 amide bonds. The lowest BCUT2D eigenvalue weighted by Crippen LogP contribution is -2.27. The Balaban J connectivity index is 1.67. The lowest BCUT2D eigenvalue weighted by molar-refractivity contribution is 0.0635. The van der Waals surface area contributed by atoms with E-state index in [1.165, 1.54) is 18.2 Å². The Labute approximate surface area is 168 Å². The van der Waals surface area contributed by atoms with Crippen LogP contribution in [0.1, 0.15) is 34.1 Å². The molecule has 29 heavy (non-hydrogen) atoms. The Morgan fingerprint density at radius 3 is 2.59 bits per heavy atom. The first kappa shape index (κ1) is 20.8. The normalized spacial score (nSPS) is 19.2. The number of carbonyl (C=O) groups is 1. The van der Waals surface area contributed by atoms with Crippen molar-refractivity contribution in [3.8, 4) is 11.5 Å². The number of hydrogen-bond acceptors (Lipinski definition) is 5. The van der Waals surface area contributed by atoms with Crippen molar-refractivity contribution in [1.29, 1.82) is 0 Å². The van der Waals surface area contributed by atoms with E-state index in [4.69, 9.17) is 9.47 Å². The maximum Gasteiger partial charge on any atom is 0.412 e. The van der Waals surface area contributed by atoms with Crippen LogP contribution in [-0.2, 0) is 4.74 Å². The summed E-state index contributed by atoms with van der Waals surface area (Å²) < 4.78 is 39.2. The minimum atomic E-state index is -1.24. The number of nitrogens with one attached hydrogen (secondary N) is 1. The number of anilines is 2. The molecule has 1 saturated heterocycles. The Kier molecular flexibility index (Phi) is 5.64. The molecule has 0 spiro atoms. The van der Waals surface area contributed by atoms with E-state index in [-0.39, 0.29) is 18.0 Å². The van der Waals surface area contributed by atoms with Crippen LogP contribution < -0.4 is 15.0 Å². The predicted octanol–water partition coefficient (Wildman–Crippen LogP) is 5.30. The molecule has 0 radical (unpaired) electrons. The van der Waals surface area contributed by atoms with Crippen LogP contribution in [0.5, 0.6) is 11.5 Å². The highest BCUT2D eigenvalue weighted by Crippen LogP contribution is 2.31. The van der Waals surface area contributed by atoms with Gasteiger partial charge in [-0.15, -0.1) is 0 Å². The number of benzene rings is 1. The van der Waals surface area contributed by atoms with E-state index < -0.39 is 23.2 Å². The standard InChI is InChI=1S/C21H25F2N3O3/c1-20(2,3)29-19(27)25-17-6-5-14(11-16(17)22)28-15-7-9-24-18(12-15)26-10-8-21(4,23)13-26/h5-7,9,11-12H,8,10,13H2,1-4H3,(H,25,27). The van der Waals surface area contributed by atoms with Gasteiger partial charge in [-0.3, -0.25) is 5.32 Å². The predicted molar refractivity (Wildman–Crippen MR) is 107 cm³/mol. The first-order valence-electron chi connectivity index (χ1n) is 9.38. The molecule has 1 N–H and O–H groups in total. The van der Waals surface area contributed by atoms with Gasteiger partial charge >= 0.3 is 6.09 Å². The van der Waals surface area contributed by atoms with Gasteiger partial charge in [0.1, 0.15) is 28.6 Å². The summed E-state index contributed by atoms with van der Waals surface area (Å²) in [6, 6.07) is 7.42. The number of carbonyl (C=O) groups excluding carboxylic acids is 1. The number of halogens is 2. The molecule has 1 aliphatic heterocycles. The van der Waals surface area contributed by atoms with Gasteiger partial charge in [0.25, 0.3) is 0 Å². The molecule has 1 aromatic heterocycles. The highest BCUT2D eigenvalue weighted by Gasteiger charge is 2.34. The summed E-state index contributed by atoms with van der Waals surface area (Å²) >= 11 is 0. The quantitative estimate of drug-likeness (QED) is 0.748. The number of pyridine rings is 1. The zero-order chi connectivity index (χ0) is 21.2. The highest BCUT2D eigenvalue weighted by atomic mass is 19.1. The van der Waals surface area contributed by atoms with Gasteiger partial charge in [0.2, 0.25) is 0 Å². The van der Waals surface area contributed by atoms with Crippen molar-refractivity contribution in [3.63, 3.8) is 0 Å². The van der Waals surface area contributed by atoms with E-state index in [9.17, 15) is 13.6 Å². The van der Waals surface area contributed by atoms with Crippen molar-refractivity contribution in [2.24, 2.45) is 0 Å². The highest BCUT2D eigenvalue weighted by molar-refractivity contribution is 5.85. The van der Waals surface area contributed by atoms with E-state index in [0.29, 0.717) is 24.5 Å². The first-order chi connectivity index (χ1) is 13.5. The molecule has 1 fully saturated rings. The molecular weight excluding hydrogens is 380 g/mol. The summed E-state index contributed by atoms with van der Waals surface area (Å²) in [7, 11) is 0. The third-order valence-corrected chi connectivity index (χ3v) is 4.28. The second-order valence-electron chi connectivity index (χ2n) is 8.31. The molecule has 1 aromatic carbocycles. The topological polar surface area (TPSA) is 63.7 Å². The van der Waals surface area contributed by atoms with Crippen LogP contribution in [-0.4, -0.2) is 35.4 Å². The molecule has 1 unspecified atom stereocenters. The molecular formula is C21H25F2N3O3. The molecule has 156 valence electrons. The number of aromatic nitrogens is 1. The van der Waals surface area contributed by atoms with E-state index in [1.807, 2.05) is 4.90 Å². The van der Waals surface area contributed by atoms with Crippen LogP contribution in [0.15, 0.2) is 36.5 Å². The first-order valence-corrected chi connectivity index (χ1v) is 9.38. The number of alkyl halides is 1. The third kappa shape index (κ3) is 5.79. The van der Waals surface area contributed by atoms with Crippen molar-refractivity contribution in [2.75, 3.05) is 23.3 Å². The maximum atomic E-state index is 14.3. The lowest BCUT2D eigenvalue weighted by atomic mass is 10.1. The Hall–Kier alpha value is -2.90. The largest absolute Gasteiger partial charge is 0.457 e. The zero-order valence-corrected chi connectivity index (χ0v) is 17.0. The average Bonchev–Trinajstić information content (AvgIpc) is 2.96. The van der Waals surface area contributed by atoms with E-state index in [0.717, 1.165) is 0 Å². The van der Waals surface area contributed by atoms with Crippen molar-refractivity contribution in [3.05, 3.63) is 42.3 Å². The van der Waals surface area contributed by atoms with Gasteiger partial charge in [-0.2, -0.15) is 0 Å². The van der Waals surface area contributed by atoms with Crippen LogP contribution in [0.4, 0.5) is 25.1 Å². The minimum absolute atomic E-state index is 0.0127. The summed E-state index contributed by atoms with van der Waals surface area (Å²) in [4.78, 5) is 17.9. The molecule has 6 nitrogen and oxygen atoms in total. The van der Waals surface area contributed by atoms with Crippen molar-refractivity contribution >= 4 is 17.6 Å². The second kappa shape index (κ2) is 7.85. The summed E-state index contributed by atoms with van der Waals surface area (Å²) in [5.41, 5.74) is -1.93. The summed E-state index contributed by atoms with van der Waals surface area (Å²) in [6.07, 6.45) is 1.26. The van der Waals surface area contributed by atoms with Gasteiger partial charge in [-0.05, 0) is 45.9 Å². The molecule has 0 saturated carbocycles. The van der Waals surface area contributed by atoms with Crippen LogP contribution in [0.3, 0.4) is 0 Å². The lowest BCUT2D eigenvalue weighted by Gasteiger charge is -2.20. The number of amides is 1. The van der Waals surface area contributed by atoms with Gasteiger partial charge in [0.15, 0.2) is 5.82 Å². The summed E-state index contributed by atoms with van der Waals surface area (Å²) in [5, 5.41) is 2.37. The van der Waals surface area contributed by atoms with Gasteiger partial charge in [-0.1, -0.05) is 0 Å². The van der Waals surface area contributed by atoms with Gasteiger partial charge in [-0.25, -0.2) is 18.6 Å². The Morgan fingerprint density at radius 1 is 1.24 bits per heavy atom. The molecule has 3 rings (SSSR count). The van der Waals surface area contributed by atoms with E-state index in [1.54, 1.807) is 46.0 Å². The number of rotatable bonds is 4. The van der Waals surface area contributed by atoms with Crippen molar-refractivity contribution < 1.29 is 23.0 Å². The molecule has 1 aliphatic rings. The van der Waals surface area contributed by atoms with Crippen LogP contribution >= 0.6 is 0 Å². The van der Waals surface area contributed by atoms with Crippen molar-refractivity contribution in [2.45, 2.75) is 45.4 Å². The summed E-state index contributed by atoms with van der Waals surface area (Å²) in [6.45, 7) is 7.58. The number of ether oxygens (including phenoxy) is 2. The van der Waals surface area contributed by atoms with E-state index >= 15 is 0 Å². The SMILES string of the molecule is CC1(F)CCN(c2cc(Oc3ccc(NC(=O)OC(C)(C)C)c(F)c3)ccn2)C1. The second-order valence-corrected chi connectivity index (χ2v) is 8.31. The minimum Gasteiger partial charge on any atom is -0.457 e. The Morgan fingerprint density at radius 2 is 1.97 bits per heavy atom. The van der Waals surface area contributed by atoms with Gasteiger partial charge in [0, 0.05) is 31.3 Å². The van der Waals surface area contributed by atoms with Crippen molar-refractivity contribution in [1.82, 2.24) is 4.98 Å². The van der Waals surface area contributed by atoms with Crippen LogP contribution in [0.25, 0.3) is 0 Å². The molecule has 1 atom stereocenters. The van der Waals surface area contributed by atoms with Crippen LogP contribution in [0, 0.1) is 5.82 Å². The monoisotopic (exact) mass is 405 g/mol. The number of nitrogens with zero attached hydrogens (tertiary/aromatic N) is 2. The molecule has 0 bridgehead atoms. The Bertz CT molecular complexity index is 897. The maximum absolute atomic E-state index is 14.3. The molecule has 2 aromatic rings. The fourth-order valence-corrected chi connectivity index (χ4v) is 2.97. The fourth-order valence-electron chi connectivity index (χ4n) is 2.97.